The molecule has 3 nitrogen and oxygen atoms in total. The van der Waals surface area contributed by atoms with Crippen LogP contribution in [0.3, 0.4) is 0 Å². The number of nitrogens with zero attached hydrogens (tertiary/aromatic N) is 2. The first-order valence-corrected chi connectivity index (χ1v) is 8.44. The van der Waals surface area contributed by atoms with Gasteiger partial charge in [-0.2, -0.15) is 0 Å². The molecule has 0 radical (unpaired) electrons. The standard InChI is InChI=1S/C17H23N3S/c1-12-11-21-17(19-12)16(13-8-9-13)18-10-14-6-4-5-7-15(14)20(2)3/h4-7,11,13,16,18H,8-10H2,1-3H3/t16-/m1/s1. The second kappa shape index (κ2) is 6.16. The quantitative estimate of drug-likeness (QED) is 0.880. The maximum atomic E-state index is 4.69. The monoisotopic (exact) mass is 301 g/mol. The summed E-state index contributed by atoms with van der Waals surface area (Å²) in [4.78, 5) is 6.86. The highest BCUT2D eigenvalue weighted by Crippen LogP contribution is 2.42. The molecule has 1 N–H and O–H groups in total. The molecule has 1 atom stereocenters. The maximum Gasteiger partial charge on any atom is 0.110 e. The Bertz CT molecular complexity index is 602. The minimum atomic E-state index is 0.416. The number of benzene rings is 1. The number of anilines is 1. The molecule has 2 aromatic rings. The van der Waals surface area contributed by atoms with Gasteiger partial charge in [0.25, 0.3) is 0 Å². The Morgan fingerprint density at radius 1 is 1.33 bits per heavy atom. The van der Waals surface area contributed by atoms with E-state index in [1.54, 1.807) is 11.3 Å². The highest BCUT2D eigenvalue weighted by atomic mass is 32.1. The number of aromatic nitrogens is 1. The van der Waals surface area contributed by atoms with E-state index in [2.05, 4.69) is 65.9 Å². The van der Waals surface area contributed by atoms with E-state index >= 15 is 0 Å². The van der Waals surface area contributed by atoms with Gasteiger partial charge >= 0.3 is 0 Å². The van der Waals surface area contributed by atoms with Crippen molar-refractivity contribution in [2.75, 3.05) is 19.0 Å². The molecule has 0 bridgehead atoms. The number of aryl methyl sites for hydroxylation is 1. The zero-order valence-corrected chi connectivity index (χ0v) is 13.8. The molecule has 1 aromatic carbocycles. The van der Waals surface area contributed by atoms with Gasteiger partial charge in [0, 0.05) is 37.4 Å². The first kappa shape index (κ1) is 14.5. The lowest BCUT2D eigenvalue weighted by molar-refractivity contribution is 0.478. The lowest BCUT2D eigenvalue weighted by Crippen LogP contribution is -2.24. The molecule has 0 unspecified atom stereocenters. The normalized spacial score (nSPS) is 16.0. The highest BCUT2D eigenvalue weighted by Gasteiger charge is 2.33. The summed E-state index contributed by atoms with van der Waals surface area (Å²) in [7, 11) is 4.20. The number of hydrogen-bond donors (Lipinski definition) is 1. The fourth-order valence-electron chi connectivity index (χ4n) is 2.72. The van der Waals surface area contributed by atoms with Gasteiger partial charge in [-0.1, -0.05) is 18.2 Å². The van der Waals surface area contributed by atoms with E-state index in [-0.39, 0.29) is 0 Å². The zero-order valence-electron chi connectivity index (χ0n) is 13.0. The summed E-state index contributed by atoms with van der Waals surface area (Å²) in [5.74, 6) is 0.766. The van der Waals surface area contributed by atoms with Gasteiger partial charge in [-0.15, -0.1) is 11.3 Å². The lowest BCUT2D eigenvalue weighted by Gasteiger charge is -2.20. The van der Waals surface area contributed by atoms with Crippen LogP contribution in [0.4, 0.5) is 5.69 Å². The van der Waals surface area contributed by atoms with Crippen molar-refractivity contribution >= 4 is 17.0 Å². The topological polar surface area (TPSA) is 28.2 Å². The van der Waals surface area contributed by atoms with Gasteiger partial charge < -0.3 is 10.2 Å². The molecule has 0 amide bonds. The minimum absolute atomic E-state index is 0.416. The zero-order chi connectivity index (χ0) is 14.8. The van der Waals surface area contributed by atoms with Crippen molar-refractivity contribution in [1.82, 2.24) is 10.3 Å². The van der Waals surface area contributed by atoms with Crippen LogP contribution in [0.15, 0.2) is 29.6 Å². The van der Waals surface area contributed by atoms with Crippen LogP contribution in [0.25, 0.3) is 0 Å². The van der Waals surface area contributed by atoms with Crippen molar-refractivity contribution in [3.8, 4) is 0 Å². The van der Waals surface area contributed by atoms with Crippen molar-refractivity contribution in [3.63, 3.8) is 0 Å². The van der Waals surface area contributed by atoms with E-state index < -0.39 is 0 Å². The van der Waals surface area contributed by atoms with E-state index in [4.69, 9.17) is 0 Å². The molecule has 0 saturated heterocycles. The third-order valence-corrected chi connectivity index (χ3v) is 5.03. The van der Waals surface area contributed by atoms with Crippen LogP contribution >= 0.6 is 11.3 Å². The highest BCUT2D eigenvalue weighted by molar-refractivity contribution is 7.09. The van der Waals surface area contributed by atoms with E-state index in [0.29, 0.717) is 6.04 Å². The minimum Gasteiger partial charge on any atom is -0.377 e. The third kappa shape index (κ3) is 3.44. The molecule has 1 heterocycles. The van der Waals surface area contributed by atoms with Crippen LogP contribution in [0.1, 0.15) is 35.1 Å². The number of nitrogens with one attached hydrogen (secondary N) is 1. The first-order valence-electron chi connectivity index (χ1n) is 7.56. The average Bonchev–Trinajstić information content (AvgIpc) is 3.21. The summed E-state index contributed by atoms with van der Waals surface area (Å²) in [6, 6.07) is 9.01. The van der Waals surface area contributed by atoms with E-state index in [0.717, 1.165) is 18.2 Å². The molecule has 21 heavy (non-hydrogen) atoms. The molecule has 1 aromatic heterocycles. The Morgan fingerprint density at radius 2 is 2.10 bits per heavy atom. The number of thiazole rings is 1. The summed E-state index contributed by atoms with van der Waals surface area (Å²) in [5.41, 5.74) is 3.77. The smallest absolute Gasteiger partial charge is 0.110 e. The van der Waals surface area contributed by atoms with Crippen LogP contribution in [0.5, 0.6) is 0 Å². The average molecular weight is 301 g/mol. The molecule has 112 valence electrons. The fourth-order valence-corrected chi connectivity index (χ4v) is 3.68. The fraction of sp³-hybridized carbons (Fsp3) is 0.471. The van der Waals surface area contributed by atoms with E-state index in [1.165, 1.54) is 29.1 Å². The number of para-hydroxylation sites is 1. The van der Waals surface area contributed by atoms with Crippen LogP contribution in [-0.4, -0.2) is 19.1 Å². The van der Waals surface area contributed by atoms with Crippen molar-refractivity contribution < 1.29 is 0 Å². The summed E-state index contributed by atoms with van der Waals surface area (Å²) in [5, 5.41) is 7.14. The number of hydrogen-bond acceptors (Lipinski definition) is 4. The second-order valence-electron chi connectivity index (χ2n) is 6.05. The molecule has 1 fully saturated rings. The Kier molecular flexibility index (Phi) is 4.27. The van der Waals surface area contributed by atoms with Crippen LogP contribution in [0, 0.1) is 12.8 Å². The Balaban J connectivity index is 1.73. The van der Waals surface area contributed by atoms with Gasteiger partial charge in [0.15, 0.2) is 0 Å². The van der Waals surface area contributed by atoms with Crippen molar-refractivity contribution in [1.29, 1.82) is 0 Å². The Labute approximate surface area is 131 Å². The van der Waals surface area contributed by atoms with Crippen molar-refractivity contribution in [2.24, 2.45) is 5.92 Å². The molecule has 1 aliphatic rings. The van der Waals surface area contributed by atoms with Gasteiger partial charge in [0.05, 0.1) is 6.04 Å². The van der Waals surface area contributed by atoms with Gasteiger partial charge in [0.1, 0.15) is 5.01 Å². The van der Waals surface area contributed by atoms with Gasteiger partial charge in [-0.25, -0.2) is 4.98 Å². The summed E-state index contributed by atoms with van der Waals surface area (Å²) < 4.78 is 0. The SMILES string of the molecule is Cc1csc([C@H](NCc2ccccc2N(C)C)C2CC2)n1. The molecule has 0 aliphatic heterocycles. The lowest BCUT2D eigenvalue weighted by atomic mass is 10.1. The predicted octanol–water partition coefficient (Wildman–Crippen LogP) is 3.76. The summed E-state index contributed by atoms with van der Waals surface area (Å²) in [6.45, 7) is 2.97. The van der Waals surface area contributed by atoms with Gasteiger partial charge in [-0.05, 0) is 37.3 Å². The Hall–Kier alpha value is -1.39. The van der Waals surface area contributed by atoms with Crippen LogP contribution < -0.4 is 10.2 Å². The largest absolute Gasteiger partial charge is 0.377 e. The molecule has 3 rings (SSSR count). The molecule has 4 heteroatoms. The number of rotatable bonds is 6. The van der Waals surface area contributed by atoms with Gasteiger partial charge in [0.2, 0.25) is 0 Å². The van der Waals surface area contributed by atoms with Gasteiger partial charge in [-0.3, -0.25) is 0 Å². The molecular formula is C17H23N3S. The second-order valence-corrected chi connectivity index (χ2v) is 6.94. The van der Waals surface area contributed by atoms with E-state index in [9.17, 15) is 0 Å². The molecule has 1 saturated carbocycles. The van der Waals surface area contributed by atoms with Crippen molar-refractivity contribution in [2.45, 2.75) is 32.4 Å². The van der Waals surface area contributed by atoms with E-state index in [1.807, 2.05) is 0 Å². The predicted molar refractivity (Wildman–Crippen MR) is 89.9 cm³/mol. The van der Waals surface area contributed by atoms with Crippen LogP contribution in [0.2, 0.25) is 0 Å². The third-order valence-electron chi connectivity index (χ3n) is 3.98. The van der Waals surface area contributed by atoms with Crippen molar-refractivity contribution in [3.05, 3.63) is 45.9 Å². The summed E-state index contributed by atoms with van der Waals surface area (Å²) in [6.07, 6.45) is 2.65. The molecule has 0 spiro atoms. The molecule has 1 aliphatic carbocycles. The maximum absolute atomic E-state index is 4.69. The first-order chi connectivity index (χ1) is 10.1. The summed E-state index contributed by atoms with van der Waals surface area (Å²) >= 11 is 1.79. The van der Waals surface area contributed by atoms with Crippen LogP contribution in [-0.2, 0) is 6.54 Å². The molecular weight excluding hydrogens is 278 g/mol. The Morgan fingerprint density at radius 3 is 2.71 bits per heavy atom.